The molecule has 26 heavy (non-hydrogen) atoms. The maximum absolute atomic E-state index is 13.1. The van der Waals surface area contributed by atoms with Gasteiger partial charge in [0.1, 0.15) is 11.9 Å². The Balaban J connectivity index is 1.89. The van der Waals surface area contributed by atoms with E-state index in [9.17, 15) is 9.59 Å². The lowest BCUT2D eigenvalue weighted by Crippen LogP contribution is -2.57. The molecule has 1 amide bonds. The topological polar surface area (TPSA) is 46.6 Å². The Hall–Kier alpha value is -1.84. The summed E-state index contributed by atoms with van der Waals surface area (Å²) >= 11 is 0. The Morgan fingerprint density at radius 2 is 1.96 bits per heavy atom. The van der Waals surface area contributed by atoms with Gasteiger partial charge >= 0.3 is 6.09 Å². The average Bonchev–Trinajstić information content (AvgIpc) is 2.59. The van der Waals surface area contributed by atoms with Gasteiger partial charge in [-0.05, 0) is 64.4 Å². The maximum Gasteiger partial charge on any atom is 0.411 e. The summed E-state index contributed by atoms with van der Waals surface area (Å²) in [4.78, 5) is 26.6. The summed E-state index contributed by atoms with van der Waals surface area (Å²) in [5, 5.41) is 0. The molecule has 0 N–H and O–H groups in total. The van der Waals surface area contributed by atoms with Gasteiger partial charge in [0.05, 0.1) is 0 Å². The van der Waals surface area contributed by atoms with Gasteiger partial charge < -0.3 is 9.53 Å². The van der Waals surface area contributed by atoms with E-state index in [2.05, 4.69) is 12.1 Å². The molecule has 4 nitrogen and oxygen atoms in total. The van der Waals surface area contributed by atoms with Crippen LogP contribution in [0.4, 0.5) is 4.79 Å². The van der Waals surface area contributed by atoms with Gasteiger partial charge in [0, 0.05) is 18.0 Å². The van der Waals surface area contributed by atoms with Crippen molar-refractivity contribution < 1.29 is 14.3 Å². The minimum atomic E-state index is -0.517. The highest BCUT2D eigenvalue weighted by Crippen LogP contribution is 2.49. The number of amides is 1. The van der Waals surface area contributed by atoms with E-state index in [1.54, 1.807) is 0 Å². The van der Waals surface area contributed by atoms with Crippen LogP contribution in [0.15, 0.2) is 30.3 Å². The van der Waals surface area contributed by atoms with Gasteiger partial charge in [-0.2, -0.15) is 0 Å². The molecule has 0 heterocycles. The zero-order valence-electron chi connectivity index (χ0n) is 16.2. The van der Waals surface area contributed by atoms with E-state index in [-0.39, 0.29) is 17.6 Å². The second kappa shape index (κ2) is 7.42. The summed E-state index contributed by atoms with van der Waals surface area (Å²) < 4.78 is 5.78. The number of hydrogen-bond acceptors (Lipinski definition) is 3. The molecule has 2 bridgehead atoms. The van der Waals surface area contributed by atoms with E-state index in [4.69, 9.17) is 4.74 Å². The Labute approximate surface area is 156 Å². The van der Waals surface area contributed by atoms with Crippen molar-refractivity contribution in [3.8, 4) is 0 Å². The fourth-order valence-electron chi connectivity index (χ4n) is 4.72. The lowest BCUT2D eigenvalue weighted by atomic mass is 9.62. The number of rotatable bonds is 4. The molecule has 4 heteroatoms. The van der Waals surface area contributed by atoms with E-state index in [1.807, 2.05) is 43.9 Å². The van der Waals surface area contributed by atoms with Crippen LogP contribution in [-0.4, -0.2) is 28.4 Å². The second-order valence-corrected chi connectivity index (χ2v) is 8.97. The molecule has 2 aliphatic rings. The van der Waals surface area contributed by atoms with Gasteiger partial charge in [0.15, 0.2) is 0 Å². The molecule has 3 atom stereocenters. The van der Waals surface area contributed by atoms with Crippen LogP contribution in [0.3, 0.4) is 0 Å². The van der Waals surface area contributed by atoms with Gasteiger partial charge in [-0.1, -0.05) is 36.8 Å². The first-order valence-electron chi connectivity index (χ1n) is 9.83. The van der Waals surface area contributed by atoms with Crippen molar-refractivity contribution >= 4 is 12.4 Å². The lowest BCUT2D eigenvalue weighted by molar-refractivity contribution is -0.117. The first-order valence-corrected chi connectivity index (χ1v) is 9.83. The largest absolute Gasteiger partial charge is 0.444 e. The standard InChI is InChI=1S/C22H31NO3/c1-21(2,3)26-20(25)23(15-17-8-5-4-6-9-17)22-12-7-10-18(14-22)19(16-24)11-13-22/h4-6,8-9,16,18-19H,7,10-15H2,1-3H3. The van der Waals surface area contributed by atoms with Crippen molar-refractivity contribution in [1.82, 2.24) is 4.90 Å². The molecule has 0 aliphatic heterocycles. The van der Waals surface area contributed by atoms with Crippen LogP contribution < -0.4 is 0 Å². The van der Waals surface area contributed by atoms with Gasteiger partial charge in [-0.15, -0.1) is 0 Å². The number of fused-ring (bicyclic) bond motifs is 2. The highest BCUT2D eigenvalue weighted by atomic mass is 16.6. The quantitative estimate of drug-likeness (QED) is 0.715. The monoisotopic (exact) mass is 357 g/mol. The number of ether oxygens (including phenoxy) is 1. The zero-order chi connectivity index (χ0) is 18.8. The summed E-state index contributed by atoms with van der Waals surface area (Å²) in [7, 11) is 0. The molecule has 0 saturated heterocycles. The maximum atomic E-state index is 13.1. The number of benzene rings is 1. The van der Waals surface area contributed by atoms with Crippen LogP contribution >= 0.6 is 0 Å². The number of aldehydes is 1. The van der Waals surface area contributed by atoms with Crippen molar-refractivity contribution in [3.05, 3.63) is 35.9 Å². The molecule has 0 spiro atoms. The lowest BCUT2D eigenvalue weighted by Gasteiger charge is -2.53. The third-order valence-corrected chi connectivity index (χ3v) is 5.95. The Kier molecular flexibility index (Phi) is 5.40. The van der Waals surface area contributed by atoms with Crippen molar-refractivity contribution in [3.63, 3.8) is 0 Å². The molecular formula is C22H31NO3. The van der Waals surface area contributed by atoms with Crippen LogP contribution in [-0.2, 0) is 16.1 Å². The summed E-state index contributed by atoms with van der Waals surface area (Å²) in [6.45, 7) is 6.30. The first-order chi connectivity index (χ1) is 12.3. The Morgan fingerprint density at radius 3 is 2.62 bits per heavy atom. The predicted octanol–water partition coefficient (Wildman–Crippen LogP) is 4.96. The van der Waals surface area contributed by atoms with Crippen molar-refractivity contribution in [1.29, 1.82) is 0 Å². The summed E-state index contributed by atoms with van der Waals surface area (Å²) in [5.74, 6) is 0.552. The average molecular weight is 357 g/mol. The Morgan fingerprint density at radius 1 is 1.23 bits per heavy atom. The van der Waals surface area contributed by atoms with Gasteiger partial charge in [-0.25, -0.2) is 4.79 Å². The first kappa shape index (κ1) is 18.9. The van der Waals surface area contributed by atoms with E-state index >= 15 is 0 Å². The van der Waals surface area contributed by atoms with Crippen LogP contribution in [0.1, 0.15) is 64.9 Å². The zero-order valence-corrected chi connectivity index (χ0v) is 16.2. The van der Waals surface area contributed by atoms with Gasteiger partial charge in [0.2, 0.25) is 0 Å². The summed E-state index contributed by atoms with van der Waals surface area (Å²) in [5.41, 5.74) is 0.421. The highest BCUT2D eigenvalue weighted by Gasteiger charge is 2.49. The molecule has 0 radical (unpaired) electrons. The van der Waals surface area contributed by atoms with Crippen LogP contribution in [0.2, 0.25) is 0 Å². The van der Waals surface area contributed by atoms with E-state index in [0.29, 0.717) is 12.5 Å². The third kappa shape index (κ3) is 4.11. The van der Waals surface area contributed by atoms with Crippen molar-refractivity contribution in [2.75, 3.05) is 0 Å². The molecule has 3 unspecified atom stereocenters. The molecule has 1 aromatic rings. The van der Waals surface area contributed by atoms with E-state index in [0.717, 1.165) is 50.4 Å². The smallest absolute Gasteiger partial charge is 0.411 e. The fraction of sp³-hybridized carbons (Fsp3) is 0.636. The van der Waals surface area contributed by atoms with Crippen molar-refractivity contribution in [2.24, 2.45) is 11.8 Å². The minimum Gasteiger partial charge on any atom is -0.444 e. The summed E-state index contributed by atoms with van der Waals surface area (Å²) in [6, 6.07) is 10.1. The van der Waals surface area contributed by atoms with Gasteiger partial charge in [-0.3, -0.25) is 4.90 Å². The third-order valence-electron chi connectivity index (χ3n) is 5.95. The van der Waals surface area contributed by atoms with Crippen LogP contribution in [0.25, 0.3) is 0 Å². The number of carbonyl (C=O) groups is 2. The summed E-state index contributed by atoms with van der Waals surface area (Å²) in [6.07, 6.45) is 6.76. The molecule has 0 aromatic heterocycles. The number of carbonyl (C=O) groups excluding carboxylic acids is 2. The molecule has 1 aromatic carbocycles. The number of nitrogens with zero attached hydrogens (tertiary/aromatic N) is 1. The highest BCUT2D eigenvalue weighted by molar-refractivity contribution is 5.69. The Bertz CT molecular complexity index is 637. The van der Waals surface area contributed by atoms with Crippen molar-refractivity contribution in [2.45, 2.75) is 77.0 Å². The SMILES string of the molecule is CC(C)(C)OC(=O)N(Cc1ccccc1)C12CCCC(C1)C(C=O)CC2. The van der Waals surface area contributed by atoms with Crippen LogP contribution in [0, 0.1) is 11.8 Å². The fourth-order valence-corrected chi connectivity index (χ4v) is 4.72. The normalized spacial score (nSPS) is 28.3. The molecule has 2 saturated carbocycles. The minimum absolute atomic E-state index is 0.153. The molecule has 2 fully saturated rings. The van der Waals surface area contributed by atoms with E-state index in [1.165, 1.54) is 0 Å². The van der Waals surface area contributed by atoms with Gasteiger partial charge in [0.25, 0.3) is 0 Å². The molecular weight excluding hydrogens is 326 g/mol. The van der Waals surface area contributed by atoms with E-state index < -0.39 is 5.60 Å². The van der Waals surface area contributed by atoms with Crippen LogP contribution in [0.5, 0.6) is 0 Å². The molecule has 2 aliphatic carbocycles. The molecule has 3 rings (SSSR count). The second-order valence-electron chi connectivity index (χ2n) is 8.97. The number of hydrogen-bond donors (Lipinski definition) is 0. The molecule has 142 valence electrons. The predicted molar refractivity (Wildman–Crippen MR) is 102 cm³/mol.